The van der Waals surface area contributed by atoms with Crippen molar-refractivity contribution in [3.63, 3.8) is 0 Å². The number of halogens is 1. The normalized spacial score (nSPS) is 12.4. The molecule has 0 aliphatic heterocycles. The van der Waals surface area contributed by atoms with E-state index >= 15 is 0 Å². The van der Waals surface area contributed by atoms with E-state index in [-0.39, 0.29) is 21.6 Å². The molecule has 7 heteroatoms. The number of hydrogen-bond acceptors (Lipinski definition) is 4. The van der Waals surface area contributed by atoms with Gasteiger partial charge in [0.2, 0.25) is 0 Å². The molecule has 0 aliphatic carbocycles. The first-order chi connectivity index (χ1) is 8.92. The largest absolute Gasteiger partial charge is 0.308 e. The topological polar surface area (TPSA) is 65.1 Å². The monoisotopic (exact) mass is 348 g/mol. The lowest BCUT2D eigenvalue weighted by atomic mass is 10.1. The van der Waals surface area contributed by atoms with Crippen LogP contribution >= 0.6 is 28.6 Å². The molecule has 1 atom stereocenters. The minimum Gasteiger partial charge on any atom is -0.308 e. The molecule has 5 nitrogen and oxygen atoms in total. The Labute approximate surface area is 125 Å². The van der Waals surface area contributed by atoms with Crippen LogP contribution in [-0.4, -0.2) is 15.2 Å². The van der Waals surface area contributed by atoms with Gasteiger partial charge in [0.1, 0.15) is 0 Å². The van der Waals surface area contributed by atoms with Crippen molar-refractivity contribution in [1.82, 2.24) is 4.57 Å². The van der Waals surface area contributed by atoms with Gasteiger partial charge in [-0.25, -0.2) is 0 Å². The Bertz CT molecular complexity index is 530. The highest BCUT2D eigenvalue weighted by molar-refractivity contribution is 9.10. The molecule has 19 heavy (non-hydrogen) atoms. The van der Waals surface area contributed by atoms with Crippen molar-refractivity contribution in [1.29, 1.82) is 0 Å². The van der Waals surface area contributed by atoms with Gasteiger partial charge in [-0.3, -0.25) is 14.9 Å². The predicted octanol–water partition coefficient (Wildman–Crippen LogP) is 3.17. The molecule has 1 aromatic heterocycles. The zero-order chi connectivity index (χ0) is 14.6. The van der Waals surface area contributed by atoms with Gasteiger partial charge in [0, 0.05) is 12.1 Å². The van der Waals surface area contributed by atoms with Crippen LogP contribution in [0.4, 0.5) is 5.69 Å². The van der Waals surface area contributed by atoms with Gasteiger partial charge in [0.25, 0.3) is 11.2 Å². The number of nitro groups is 1. The summed E-state index contributed by atoms with van der Waals surface area (Å²) in [6, 6.07) is 0. The second-order valence-corrected chi connectivity index (χ2v) is 5.66. The summed E-state index contributed by atoms with van der Waals surface area (Å²) < 4.78 is 1.67. The number of nitrogens with zero attached hydrogens (tertiary/aromatic N) is 2. The number of rotatable bonds is 6. The van der Waals surface area contributed by atoms with Crippen molar-refractivity contribution < 1.29 is 4.92 Å². The van der Waals surface area contributed by atoms with Crippen molar-refractivity contribution in [3.05, 3.63) is 36.7 Å². The Morgan fingerprint density at radius 3 is 2.68 bits per heavy atom. The van der Waals surface area contributed by atoms with Crippen molar-refractivity contribution in [2.45, 2.75) is 33.2 Å². The van der Waals surface area contributed by atoms with Crippen LogP contribution in [-0.2, 0) is 6.54 Å². The first-order valence-electron chi connectivity index (χ1n) is 6.07. The van der Waals surface area contributed by atoms with Gasteiger partial charge >= 0.3 is 0 Å². The molecule has 0 fully saturated rings. The first-order valence-corrected chi connectivity index (χ1v) is 7.49. The average Bonchev–Trinajstić information content (AvgIpc) is 2.38. The first kappa shape index (κ1) is 16.2. The standard InChI is InChI=1S/C12H17BrN2O3S/c1-3-4-9(7-19)5-14-6-10(15(17)18)8(2)11(13)12(14)16/h6,9,19H,3-5,7H2,1-2H3. The molecule has 0 N–H and O–H groups in total. The zero-order valence-corrected chi connectivity index (χ0v) is 13.4. The molecule has 1 unspecified atom stereocenters. The fourth-order valence-electron chi connectivity index (χ4n) is 1.95. The molecule has 1 heterocycles. The third-order valence-electron chi connectivity index (χ3n) is 3.05. The van der Waals surface area contributed by atoms with Crippen LogP contribution in [0.15, 0.2) is 15.5 Å². The van der Waals surface area contributed by atoms with Gasteiger partial charge in [-0.2, -0.15) is 12.6 Å². The van der Waals surface area contributed by atoms with E-state index in [1.807, 2.05) is 0 Å². The quantitative estimate of drug-likeness (QED) is 0.487. The number of pyridine rings is 1. The van der Waals surface area contributed by atoms with E-state index in [9.17, 15) is 14.9 Å². The van der Waals surface area contributed by atoms with Crippen LogP contribution in [0.5, 0.6) is 0 Å². The maximum absolute atomic E-state index is 12.1. The smallest absolute Gasteiger partial charge is 0.289 e. The SMILES string of the molecule is CCCC(CS)Cn1cc([N+](=O)[O-])c(C)c(Br)c1=O. The summed E-state index contributed by atoms with van der Waals surface area (Å²) in [4.78, 5) is 22.6. The highest BCUT2D eigenvalue weighted by Crippen LogP contribution is 2.23. The molecule has 0 bridgehead atoms. The summed E-state index contributed by atoms with van der Waals surface area (Å²) in [7, 11) is 0. The van der Waals surface area contributed by atoms with E-state index in [2.05, 4.69) is 35.5 Å². The molecule has 0 amide bonds. The number of hydrogen-bond donors (Lipinski definition) is 1. The van der Waals surface area contributed by atoms with E-state index in [1.54, 1.807) is 6.92 Å². The maximum Gasteiger partial charge on any atom is 0.289 e. The highest BCUT2D eigenvalue weighted by Gasteiger charge is 2.19. The van der Waals surface area contributed by atoms with Crippen molar-refractivity contribution in [2.24, 2.45) is 5.92 Å². The Balaban J connectivity index is 3.21. The summed E-state index contributed by atoms with van der Waals surface area (Å²) in [5.41, 5.74) is 0.0936. The Morgan fingerprint density at radius 2 is 2.21 bits per heavy atom. The summed E-state index contributed by atoms with van der Waals surface area (Å²) in [6.07, 6.45) is 3.26. The van der Waals surface area contributed by atoms with Gasteiger partial charge < -0.3 is 4.57 Å². The zero-order valence-electron chi connectivity index (χ0n) is 10.9. The van der Waals surface area contributed by atoms with Gasteiger partial charge in [-0.05, 0) is 40.9 Å². The lowest BCUT2D eigenvalue weighted by Crippen LogP contribution is -2.26. The fraction of sp³-hybridized carbons (Fsp3) is 0.583. The second kappa shape index (κ2) is 7.09. The minimum atomic E-state index is -0.467. The molecular formula is C12H17BrN2O3S. The van der Waals surface area contributed by atoms with Crippen LogP contribution in [0, 0.1) is 23.0 Å². The third-order valence-corrected chi connectivity index (χ3v) is 4.50. The number of aromatic nitrogens is 1. The minimum absolute atomic E-state index is 0.0408. The molecule has 1 aromatic rings. The molecule has 0 saturated heterocycles. The molecule has 0 radical (unpaired) electrons. The van der Waals surface area contributed by atoms with Crippen LogP contribution in [0.1, 0.15) is 25.3 Å². The summed E-state index contributed by atoms with van der Waals surface area (Å²) in [5, 5.41) is 11.0. The second-order valence-electron chi connectivity index (χ2n) is 4.51. The van der Waals surface area contributed by atoms with Gasteiger partial charge in [0.05, 0.1) is 15.6 Å². The predicted molar refractivity (Wildman–Crippen MR) is 82.0 cm³/mol. The maximum atomic E-state index is 12.1. The van der Waals surface area contributed by atoms with Crippen molar-refractivity contribution in [2.75, 3.05) is 5.75 Å². The lowest BCUT2D eigenvalue weighted by molar-refractivity contribution is -0.386. The van der Waals surface area contributed by atoms with Crippen LogP contribution in [0.2, 0.25) is 0 Å². The average molecular weight is 349 g/mol. The van der Waals surface area contributed by atoms with Gasteiger partial charge in [0.15, 0.2) is 0 Å². The van der Waals surface area contributed by atoms with E-state index in [0.29, 0.717) is 17.9 Å². The van der Waals surface area contributed by atoms with E-state index in [0.717, 1.165) is 12.8 Å². The summed E-state index contributed by atoms with van der Waals surface area (Å²) in [5.74, 6) is 0.889. The van der Waals surface area contributed by atoms with E-state index < -0.39 is 4.92 Å². The van der Waals surface area contributed by atoms with Crippen LogP contribution in [0.25, 0.3) is 0 Å². The highest BCUT2D eigenvalue weighted by atomic mass is 79.9. The molecule has 0 spiro atoms. The Morgan fingerprint density at radius 1 is 1.58 bits per heavy atom. The van der Waals surface area contributed by atoms with Crippen LogP contribution in [0.3, 0.4) is 0 Å². The molecule has 0 aromatic carbocycles. The Kier molecular flexibility index (Phi) is 6.06. The number of thiol groups is 1. The fourth-order valence-corrected chi connectivity index (χ4v) is 2.68. The summed E-state index contributed by atoms with van der Waals surface area (Å²) >= 11 is 7.41. The summed E-state index contributed by atoms with van der Waals surface area (Å²) in [6.45, 7) is 4.08. The van der Waals surface area contributed by atoms with Gasteiger partial charge in [-0.1, -0.05) is 13.3 Å². The third kappa shape index (κ3) is 3.82. The molecule has 1 rings (SSSR count). The van der Waals surface area contributed by atoms with Crippen molar-refractivity contribution in [3.8, 4) is 0 Å². The Hall–Kier alpha value is -0.820. The molecule has 0 saturated carbocycles. The van der Waals surface area contributed by atoms with E-state index in [1.165, 1.54) is 10.8 Å². The molecule has 0 aliphatic rings. The molecule has 106 valence electrons. The molecular weight excluding hydrogens is 332 g/mol. The van der Waals surface area contributed by atoms with Gasteiger partial charge in [-0.15, -0.1) is 0 Å². The van der Waals surface area contributed by atoms with Crippen LogP contribution < -0.4 is 5.56 Å². The van der Waals surface area contributed by atoms with E-state index in [4.69, 9.17) is 0 Å². The lowest BCUT2D eigenvalue weighted by Gasteiger charge is -2.15. The van der Waals surface area contributed by atoms with Crippen molar-refractivity contribution >= 4 is 34.2 Å².